The molecule has 4 heteroatoms. The van der Waals surface area contributed by atoms with E-state index >= 15 is 0 Å². The monoisotopic (exact) mass is 78.0 g/mol. The van der Waals surface area contributed by atoms with Crippen LogP contribution in [0.25, 0.3) is 0 Å². The molecule has 3 nitrogen and oxygen atoms in total. The standard InChI is InChI=1S/Cr.H2N3/c;1-3-2/h;1-2H/q;+1/i1-18;. The van der Waals surface area contributed by atoms with Crippen LogP contribution in [0.3, 0.4) is 0 Å². The van der Waals surface area contributed by atoms with Crippen molar-refractivity contribution in [3.05, 3.63) is 0 Å². The molecule has 0 aliphatic carbocycles. The van der Waals surface area contributed by atoms with Crippen LogP contribution in [0.2, 0.25) is 0 Å². The zero-order valence-corrected chi connectivity index (χ0v) is 3.13. The van der Waals surface area contributed by atoms with Gasteiger partial charge in [0.1, 0.15) is 11.1 Å². The van der Waals surface area contributed by atoms with E-state index in [0.29, 0.717) is 0 Å². The summed E-state index contributed by atoms with van der Waals surface area (Å²) in [7, 11) is 0. The van der Waals surface area contributed by atoms with E-state index in [2.05, 4.69) is 0 Å². The van der Waals surface area contributed by atoms with Crippen LogP contribution in [0, 0.1) is 11.1 Å². The van der Waals surface area contributed by atoms with Gasteiger partial charge in [-0.3, -0.25) is 0 Å². The smallest absolute Gasteiger partial charge is 0 e. The fraction of sp³-hybridized carbons (Fsp3) is 0. The van der Waals surface area contributed by atoms with E-state index in [1.807, 2.05) is 4.91 Å². The summed E-state index contributed by atoms with van der Waals surface area (Å²) in [6.45, 7) is 0. The Morgan fingerprint density at radius 2 is 1.25 bits per heavy atom. The number of hydrogen-bond donors (Lipinski definition) is 2. The van der Waals surface area contributed by atoms with Crippen molar-refractivity contribution in [3.63, 3.8) is 0 Å². The van der Waals surface area contributed by atoms with E-state index in [-0.39, 0.29) is 17.4 Å². The third-order valence-electron chi connectivity index (χ3n) is 0. The molecule has 0 heterocycles. The van der Waals surface area contributed by atoms with Crippen LogP contribution < -0.4 is 4.91 Å². The van der Waals surface area contributed by atoms with Gasteiger partial charge in [0.05, 0.1) is 0 Å². The molecule has 0 rings (SSSR count). The Morgan fingerprint density at radius 1 is 1.25 bits per heavy atom. The van der Waals surface area contributed by atoms with Gasteiger partial charge in [-0.05, 0) is 0 Å². The zero-order valence-electron chi connectivity index (χ0n) is 1.86. The van der Waals surface area contributed by atoms with Gasteiger partial charge in [-0.1, -0.05) is 0 Å². The first kappa shape index (κ1) is 9.15. The van der Waals surface area contributed by atoms with Crippen LogP contribution in [0.15, 0.2) is 0 Å². The van der Waals surface area contributed by atoms with E-state index in [4.69, 9.17) is 11.1 Å². The minimum atomic E-state index is 0. The summed E-state index contributed by atoms with van der Waals surface area (Å²) < 4.78 is 0. The maximum atomic E-state index is 5.50. The van der Waals surface area contributed by atoms with Crippen LogP contribution in [-0.4, -0.2) is 0 Å². The molecule has 22 valence electrons. The third kappa shape index (κ3) is 52.7. The molecule has 0 spiro atoms. The Morgan fingerprint density at radius 3 is 1.25 bits per heavy atom. The number of nitrogens with zero attached hydrogens (tertiary/aromatic N) is 1. The first-order valence-electron chi connectivity index (χ1n) is 0.447. The third-order valence-corrected chi connectivity index (χ3v) is 0. The van der Waals surface area contributed by atoms with Gasteiger partial charge in [0.15, 0.2) is 0 Å². The molecular weight excluding hydrogens is 76.0 g/mol. The Kier molecular flexibility index (Phi) is 31.1. The van der Waals surface area contributed by atoms with Crippen LogP contribution in [0.4, 0.5) is 0 Å². The Balaban J connectivity index is 0. The number of rotatable bonds is 0. The topological polar surface area (TPSA) is 61.8 Å². The summed E-state index contributed by atoms with van der Waals surface area (Å²) in [5.41, 5.74) is 11.0. The minimum absolute atomic E-state index is 0. The molecule has 2 N–H and O–H groups in total. The second-order valence-corrected chi connectivity index (χ2v) is 0.112. The average Bonchev–Trinajstić information content (AvgIpc) is 0.918. The summed E-state index contributed by atoms with van der Waals surface area (Å²) in [4.78, 5) is 2.00. The average molecular weight is 78.0 g/mol. The predicted octanol–water partition coefficient (Wildman–Crippen LogP) is 0.113. The molecule has 0 aromatic heterocycles. The SMILES string of the molecule is N=[N+]=N.[34Cr]. The van der Waals surface area contributed by atoms with Gasteiger partial charge in [0.2, 0.25) is 4.91 Å². The summed E-state index contributed by atoms with van der Waals surface area (Å²) >= 11 is 0. The molecule has 0 bridgehead atoms. The second-order valence-electron chi connectivity index (χ2n) is 0.112. The molecule has 0 unspecified atom stereocenters. The van der Waals surface area contributed by atoms with Crippen molar-refractivity contribution in [2.45, 2.75) is 0 Å². The number of nitrogens with one attached hydrogen (secondary N) is 2. The van der Waals surface area contributed by atoms with Crippen molar-refractivity contribution in [1.82, 2.24) is 4.91 Å². The zero-order chi connectivity index (χ0) is 2.71. The Hall–Kier alpha value is -0.158. The molecule has 0 radical (unpaired) electrons. The van der Waals surface area contributed by atoms with Crippen molar-refractivity contribution in [1.29, 1.82) is 11.1 Å². The van der Waals surface area contributed by atoms with Gasteiger partial charge in [0.25, 0.3) is 0 Å². The molecule has 0 aromatic rings. The van der Waals surface area contributed by atoms with Gasteiger partial charge in [-0.25, -0.2) is 0 Å². The maximum absolute atomic E-state index is 5.50. The first-order valence-corrected chi connectivity index (χ1v) is 0.447. The van der Waals surface area contributed by atoms with E-state index in [1.165, 1.54) is 0 Å². The van der Waals surface area contributed by atoms with Gasteiger partial charge in [-0.2, -0.15) is 0 Å². The van der Waals surface area contributed by atoms with Crippen molar-refractivity contribution < 1.29 is 17.4 Å². The Bertz CT molecular complexity index is 24.3. The quantitative estimate of drug-likeness (QED) is 0.305. The molecule has 0 saturated heterocycles. The normalized spacial score (nSPS) is 2.00. The van der Waals surface area contributed by atoms with E-state index in [0.717, 1.165) is 0 Å². The van der Waals surface area contributed by atoms with Gasteiger partial charge >= 0.3 is 0 Å². The van der Waals surface area contributed by atoms with Gasteiger partial charge < -0.3 is 0 Å². The fourth-order valence-corrected chi connectivity index (χ4v) is 0. The van der Waals surface area contributed by atoms with Crippen molar-refractivity contribution >= 4 is 0 Å². The summed E-state index contributed by atoms with van der Waals surface area (Å²) in [6, 6.07) is 0. The summed E-state index contributed by atoms with van der Waals surface area (Å²) in [5, 5.41) is 0. The first-order chi connectivity index (χ1) is 1.41. The van der Waals surface area contributed by atoms with Crippen molar-refractivity contribution in [3.8, 4) is 0 Å². The van der Waals surface area contributed by atoms with Crippen LogP contribution in [-0.2, 0) is 17.4 Å². The predicted molar refractivity (Wildman–Crippen MR) is 7.57 cm³/mol. The van der Waals surface area contributed by atoms with Crippen molar-refractivity contribution in [2.24, 2.45) is 0 Å². The molecule has 0 aliphatic heterocycles. The molecule has 0 fully saturated rings. The molecule has 0 aliphatic rings. The van der Waals surface area contributed by atoms with Crippen LogP contribution >= 0.6 is 0 Å². The molecule has 0 saturated carbocycles. The van der Waals surface area contributed by atoms with E-state index < -0.39 is 0 Å². The second kappa shape index (κ2) is 13.6. The molecule has 0 amide bonds. The number of hydrogen-bond acceptors (Lipinski definition) is 2. The minimum Gasteiger partial charge on any atom is 0 e. The van der Waals surface area contributed by atoms with Crippen LogP contribution in [0.1, 0.15) is 0 Å². The molecule has 0 aromatic carbocycles. The van der Waals surface area contributed by atoms with Crippen LogP contribution in [0.5, 0.6) is 0 Å². The Labute approximate surface area is 34.2 Å². The largest absolute Gasteiger partial charge is 0.211 e. The maximum Gasteiger partial charge on any atom is 0.211 e. The van der Waals surface area contributed by atoms with Gasteiger partial charge in [-0.15, -0.1) is 0 Å². The fourth-order valence-electron chi connectivity index (χ4n) is 0. The molecule has 0 atom stereocenters. The molecular formula is H2CrN3+. The summed E-state index contributed by atoms with van der Waals surface area (Å²) in [5.74, 6) is 0. The molecule has 4 heavy (non-hydrogen) atoms. The van der Waals surface area contributed by atoms with Crippen molar-refractivity contribution in [2.75, 3.05) is 0 Å². The van der Waals surface area contributed by atoms with Gasteiger partial charge in [0, 0.05) is 17.4 Å². The van der Waals surface area contributed by atoms with E-state index in [9.17, 15) is 0 Å². The summed E-state index contributed by atoms with van der Waals surface area (Å²) in [6.07, 6.45) is 0. The van der Waals surface area contributed by atoms with E-state index in [1.54, 1.807) is 0 Å².